The number of carbonyl (C=O) groups is 2. The predicted molar refractivity (Wildman–Crippen MR) is 108 cm³/mol. The third-order valence-electron chi connectivity index (χ3n) is 8.39. The van der Waals surface area contributed by atoms with Gasteiger partial charge in [0, 0.05) is 18.2 Å². The Morgan fingerprint density at radius 3 is 2.41 bits per heavy atom. The molecule has 1 aromatic heterocycles. The predicted octanol–water partition coefficient (Wildman–Crippen LogP) is 3.56. The van der Waals surface area contributed by atoms with Gasteiger partial charge < -0.3 is 21.1 Å². The zero-order chi connectivity index (χ0) is 22.8. The number of amides is 2. The van der Waals surface area contributed by atoms with Gasteiger partial charge in [-0.2, -0.15) is 13.2 Å². The van der Waals surface area contributed by atoms with E-state index in [-0.39, 0.29) is 35.7 Å². The quantitative estimate of drug-likeness (QED) is 0.647. The molecule has 32 heavy (non-hydrogen) atoms. The van der Waals surface area contributed by atoms with Crippen molar-refractivity contribution < 1.29 is 27.9 Å². The highest BCUT2D eigenvalue weighted by Crippen LogP contribution is 2.63. The molecule has 5 aliphatic rings. The summed E-state index contributed by atoms with van der Waals surface area (Å²) < 4.78 is 38.6. The maximum absolute atomic E-state index is 12.9. The Kier molecular flexibility index (Phi) is 4.83. The van der Waals surface area contributed by atoms with E-state index in [1.54, 1.807) is 0 Å². The lowest BCUT2D eigenvalue weighted by molar-refractivity contribution is -0.154. The molecule has 0 spiro atoms. The molecule has 4 aliphatic carbocycles. The Morgan fingerprint density at radius 2 is 1.88 bits per heavy atom. The molecule has 7 nitrogen and oxygen atoms in total. The fourth-order valence-electron chi connectivity index (χ4n) is 7.43. The van der Waals surface area contributed by atoms with E-state index in [9.17, 15) is 27.9 Å². The summed E-state index contributed by atoms with van der Waals surface area (Å²) in [4.78, 5) is 29.7. The molecule has 7 atom stereocenters. The van der Waals surface area contributed by atoms with Crippen molar-refractivity contribution in [1.82, 2.24) is 9.88 Å². The fraction of sp³-hybridized carbons (Fsp3) is 0.682. The first kappa shape index (κ1) is 21.3. The van der Waals surface area contributed by atoms with E-state index in [0.29, 0.717) is 37.5 Å². The Bertz CT molecular complexity index is 906. The number of pyridine rings is 1. The Morgan fingerprint density at radius 1 is 1.19 bits per heavy atom. The van der Waals surface area contributed by atoms with Crippen molar-refractivity contribution in [3.05, 3.63) is 23.9 Å². The molecule has 10 heteroatoms. The van der Waals surface area contributed by atoms with Gasteiger partial charge in [0.25, 0.3) is 0 Å². The van der Waals surface area contributed by atoms with Crippen LogP contribution in [0, 0.1) is 29.1 Å². The molecule has 4 bridgehead atoms. The lowest BCUT2D eigenvalue weighted by Crippen LogP contribution is -2.61. The van der Waals surface area contributed by atoms with E-state index in [4.69, 9.17) is 5.73 Å². The maximum atomic E-state index is 12.9. The van der Waals surface area contributed by atoms with Crippen molar-refractivity contribution in [3.8, 4) is 0 Å². The van der Waals surface area contributed by atoms with Gasteiger partial charge in [-0.25, -0.2) is 9.78 Å². The van der Waals surface area contributed by atoms with Crippen LogP contribution in [-0.4, -0.2) is 45.6 Å². The van der Waals surface area contributed by atoms with E-state index in [0.717, 1.165) is 31.5 Å². The largest absolute Gasteiger partial charge is 0.465 e. The van der Waals surface area contributed by atoms with Gasteiger partial charge in [-0.05, 0) is 74.3 Å². The summed E-state index contributed by atoms with van der Waals surface area (Å²) >= 11 is 0. The van der Waals surface area contributed by atoms with Crippen molar-refractivity contribution in [2.75, 3.05) is 11.9 Å². The molecule has 2 heterocycles. The van der Waals surface area contributed by atoms with Crippen LogP contribution in [0.5, 0.6) is 0 Å². The molecule has 2 amide bonds. The number of carboxylic acid groups (broad SMARTS) is 1. The summed E-state index contributed by atoms with van der Waals surface area (Å²) in [5.41, 5.74) is 4.51. The highest BCUT2D eigenvalue weighted by atomic mass is 19.4. The van der Waals surface area contributed by atoms with Crippen LogP contribution in [0.15, 0.2) is 18.3 Å². The van der Waals surface area contributed by atoms with Crippen LogP contribution in [0.1, 0.15) is 44.1 Å². The van der Waals surface area contributed by atoms with E-state index < -0.39 is 23.2 Å². The van der Waals surface area contributed by atoms with Crippen LogP contribution in [0.3, 0.4) is 0 Å². The average molecular weight is 452 g/mol. The normalized spacial score (nSPS) is 38.2. The molecule has 1 aliphatic heterocycles. The van der Waals surface area contributed by atoms with Crippen LogP contribution in [0.4, 0.5) is 23.8 Å². The first-order chi connectivity index (χ1) is 15.1. The minimum atomic E-state index is -4.46. The van der Waals surface area contributed by atoms with Gasteiger partial charge in [0.05, 0.1) is 17.6 Å². The number of nitrogens with two attached hydrogens (primary N) is 1. The molecule has 5 fully saturated rings. The third-order valence-corrected chi connectivity index (χ3v) is 8.39. The van der Waals surface area contributed by atoms with Crippen molar-refractivity contribution in [2.45, 2.75) is 56.8 Å². The van der Waals surface area contributed by atoms with Crippen molar-refractivity contribution in [2.24, 2.45) is 34.8 Å². The second kappa shape index (κ2) is 7.25. The number of carbonyl (C=O) groups excluding carboxylic acids is 1. The van der Waals surface area contributed by atoms with Gasteiger partial charge in [0.2, 0.25) is 5.91 Å². The summed E-state index contributed by atoms with van der Waals surface area (Å²) in [7, 11) is 0. The molecule has 1 aromatic rings. The molecule has 4 N–H and O–H groups in total. The van der Waals surface area contributed by atoms with Crippen LogP contribution in [-0.2, 0) is 11.0 Å². The van der Waals surface area contributed by atoms with Gasteiger partial charge in [0.15, 0.2) is 0 Å². The first-order valence-electron chi connectivity index (χ1n) is 11.2. The molecular formula is C22H27F3N4O3. The number of hydrogen-bond acceptors (Lipinski definition) is 4. The lowest BCUT2D eigenvalue weighted by Gasteiger charge is -2.61. The number of primary amides is 1. The van der Waals surface area contributed by atoms with Gasteiger partial charge in [0.1, 0.15) is 5.82 Å². The van der Waals surface area contributed by atoms with E-state index in [2.05, 4.69) is 10.3 Å². The number of aromatic nitrogens is 1. The van der Waals surface area contributed by atoms with E-state index in [1.807, 2.05) is 0 Å². The molecule has 0 aromatic carbocycles. The monoisotopic (exact) mass is 452 g/mol. The summed E-state index contributed by atoms with van der Waals surface area (Å²) in [6.07, 6.45) is 0.102. The second-order valence-electron chi connectivity index (χ2n) is 10.1. The lowest BCUT2D eigenvalue weighted by atomic mass is 9.44. The summed E-state index contributed by atoms with van der Waals surface area (Å²) in [5.74, 6) is 1.08. The molecule has 1 saturated heterocycles. The van der Waals surface area contributed by atoms with Gasteiger partial charge in [-0.1, -0.05) is 0 Å². The summed E-state index contributed by atoms with van der Waals surface area (Å²) in [6.45, 7) is 0.360. The summed E-state index contributed by atoms with van der Waals surface area (Å²) in [6, 6.07) is 1.72. The first-order valence-corrected chi connectivity index (χ1v) is 11.2. The molecule has 174 valence electrons. The van der Waals surface area contributed by atoms with Gasteiger partial charge in [-0.15, -0.1) is 0 Å². The van der Waals surface area contributed by atoms with Crippen LogP contribution >= 0.6 is 0 Å². The fourth-order valence-corrected chi connectivity index (χ4v) is 7.43. The third kappa shape index (κ3) is 3.38. The average Bonchev–Trinajstić information content (AvgIpc) is 3.10. The standard InChI is InChI=1S/C22H27F3N4O3/c23-22(24,25)14-1-2-16(27-10-14)28-15-3-4-29(20(31)32)18(15)17-12-5-11-6-13(17)9-21(7-11,8-12)19(26)30/h1-2,10-13,15,17-18H,3-9H2,(H2,26,30)(H,27,28)(H,31,32)/t11?,12-,13?,15?,17?,18-,21-/m0/s1. The zero-order valence-corrected chi connectivity index (χ0v) is 17.5. The topological polar surface area (TPSA) is 109 Å². The van der Waals surface area contributed by atoms with Crippen molar-refractivity contribution in [1.29, 1.82) is 0 Å². The SMILES string of the molecule is NC(=O)[C@]12CC3CC(C1)C([C@@H]1C(Nc4ccc(C(F)(F)F)cn4)CCN1C(=O)O)[C@@H](C3)C2. The Hall–Kier alpha value is -2.52. The van der Waals surface area contributed by atoms with Crippen LogP contribution in [0.25, 0.3) is 0 Å². The number of alkyl halides is 3. The minimum Gasteiger partial charge on any atom is -0.465 e. The smallest absolute Gasteiger partial charge is 0.417 e. The van der Waals surface area contributed by atoms with Crippen molar-refractivity contribution in [3.63, 3.8) is 0 Å². The minimum absolute atomic E-state index is 0.101. The number of anilines is 1. The van der Waals surface area contributed by atoms with E-state index in [1.165, 1.54) is 11.0 Å². The van der Waals surface area contributed by atoms with Crippen LogP contribution < -0.4 is 11.1 Å². The highest BCUT2D eigenvalue weighted by molar-refractivity contribution is 5.81. The Labute approximate surface area is 183 Å². The maximum Gasteiger partial charge on any atom is 0.417 e. The van der Waals surface area contributed by atoms with Crippen molar-refractivity contribution >= 4 is 17.8 Å². The second-order valence-corrected chi connectivity index (χ2v) is 10.1. The van der Waals surface area contributed by atoms with E-state index >= 15 is 0 Å². The molecule has 6 rings (SSSR count). The van der Waals surface area contributed by atoms with Gasteiger partial charge in [-0.3, -0.25) is 4.79 Å². The number of hydrogen-bond donors (Lipinski definition) is 3. The molecular weight excluding hydrogens is 425 g/mol. The molecule has 0 radical (unpaired) electrons. The molecule has 4 unspecified atom stereocenters. The number of rotatable bonds is 4. The number of likely N-dealkylation sites (tertiary alicyclic amines) is 1. The molecule has 4 saturated carbocycles. The Balaban J connectivity index is 1.40. The number of halogens is 3. The van der Waals surface area contributed by atoms with Crippen LogP contribution in [0.2, 0.25) is 0 Å². The number of nitrogens with one attached hydrogen (secondary N) is 1. The van der Waals surface area contributed by atoms with Gasteiger partial charge >= 0.3 is 12.3 Å². The zero-order valence-electron chi connectivity index (χ0n) is 17.5. The summed E-state index contributed by atoms with van der Waals surface area (Å²) in [5, 5.41) is 13.1. The highest BCUT2D eigenvalue weighted by Gasteiger charge is 2.61. The number of nitrogens with zero attached hydrogens (tertiary/aromatic N) is 2.